The van der Waals surface area contributed by atoms with Gasteiger partial charge in [-0.1, -0.05) is 13.8 Å². The monoisotopic (exact) mass is 251 g/mol. The summed E-state index contributed by atoms with van der Waals surface area (Å²) in [5.41, 5.74) is 6.19. The molecule has 1 heterocycles. The Balaban J connectivity index is 2.97. The fourth-order valence-electron chi connectivity index (χ4n) is 1.84. The molecular formula is C12H21N5O. The SMILES string of the molecule is CNc1ncnc(NC(C)CC(N)=O)c1C(C)C. The van der Waals surface area contributed by atoms with E-state index in [1.807, 2.05) is 14.0 Å². The van der Waals surface area contributed by atoms with Crippen molar-refractivity contribution in [2.45, 2.75) is 39.2 Å². The molecule has 0 fully saturated rings. The Morgan fingerprint density at radius 2 is 1.94 bits per heavy atom. The number of anilines is 2. The second kappa shape index (κ2) is 6.18. The average molecular weight is 251 g/mol. The maximum absolute atomic E-state index is 10.9. The number of rotatable bonds is 6. The molecule has 100 valence electrons. The maximum atomic E-state index is 10.9. The highest BCUT2D eigenvalue weighted by atomic mass is 16.1. The van der Waals surface area contributed by atoms with E-state index in [4.69, 9.17) is 5.73 Å². The van der Waals surface area contributed by atoms with Crippen LogP contribution in [0.1, 0.15) is 38.7 Å². The molecule has 1 amide bonds. The molecule has 18 heavy (non-hydrogen) atoms. The van der Waals surface area contributed by atoms with E-state index < -0.39 is 0 Å². The molecule has 0 aliphatic rings. The van der Waals surface area contributed by atoms with Crippen molar-refractivity contribution in [1.29, 1.82) is 0 Å². The van der Waals surface area contributed by atoms with Crippen molar-refractivity contribution in [2.24, 2.45) is 5.73 Å². The van der Waals surface area contributed by atoms with Crippen LogP contribution in [-0.2, 0) is 4.79 Å². The van der Waals surface area contributed by atoms with Crippen LogP contribution in [0.2, 0.25) is 0 Å². The molecule has 0 aliphatic carbocycles. The normalized spacial score (nSPS) is 12.3. The molecular weight excluding hydrogens is 230 g/mol. The average Bonchev–Trinajstić information content (AvgIpc) is 2.26. The number of primary amides is 1. The summed E-state index contributed by atoms with van der Waals surface area (Å²) in [5, 5.41) is 6.25. The number of hydrogen-bond acceptors (Lipinski definition) is 5. The molecule has 1 aromatic heterocycles. The van der Waals surface area contributed by atoms with E-state index in [1.165, 1.54) is 6.33 Å². The molecule has 0 aromatic carbocycles. The van der Waals surface area contributed by atoms with Gasteiger partial charge in [-0.2, -0.15) is 0 Å². The zero-order valence-electron chi connectivity index (χ0n) is 11.3. The van der Waals surface area contributed by atoms with Crippen LogP contribution in [-0.4, -0.2) is 29.0 Å². The summed E-state index contributed by atoms with van der Waals surface area (Å²) in [7, 11) is 1.82. The minimum atomic E-state index is -0.330. The van der Waals surface area contributed by atoms with Crippen molar-refractivity contribution in [3.05, 3.63) is 11.9 Å². The Morgan fingerprint density at radius 1 is 1.33 bits per heavy atom. The molecule has 6 nitrogen and oxygen atoms in total. The number of nitrogens with one attached hydrogen (secondary N) is 2. The zero-order valence-corrected chi connectivity index (χ0v) is 11.3. The highest BCUT2D eigenvalue weighted by Crippen LogP contribution is 2.28. The summed E-state index contributed by atoms with van der Waals surface area (Å²) in [5.74, 6) is 1.49. The van der Waals surface area contributed by atoms with Gasteiger partial charge in [-0.15, -0.1) is 0 Å². The predicted molar refractivity (Wildman–Crippen MR) is 72.6 cm³/mol. The van der Waals surface area contributed by atoms with Gasteiger partial charge in [-0.05, 0) is 12.8 Å². The summed E-state index contributed by atoms with van der Waals surface area (Å²) in [6, 6.07) is -0.0559. The first-order valence-corrected chi connectivity index (χ1v) is 6.03. The van der Waals surface area contributed by atoms with Crippen molar-refractivity contribution in [2.75, 3.05) is 17.7 Å². The second-order valence-corrected chi connectivity index (χ2v) is 4.61. The minimum Gasteiger partial charge on any atom is -0.373 e. The van der Waals surface area contributed by atoms with E-state index in [0.717, 1.165) is 17.2 Å². The second-order valence-electron chi connectivity index (χ2n) is 4.61. The summed E-state index contributed by atoms with van der Waals surface area (Å²) >= 11 is 0. The molecule has 0 aliphatic heterocycles. The van der Waals surface area contributed by atoms with E-state index in [2.05, 4.69) is 34.4 Å². The van der Waals surface area contributed by atoms with Gasteiger partial charge in [-0.25, -0.2) is 9.97 Å². The summed E-state index contributed by atoms with van der Waals surface area (Å²) < 4.78 is 0. The van der Waals surface area contributed by atoms with Crippen molar-refractivity contribution < 1.29 is 4.79 Å². The van der Waals surface area contributed by atoms with E-state index in [-0.39, 0.29) is 24.3 Å². The van der Waals surface area contributed by atoms with Crippen LogP contribution in [0.3, 0.4) is 0 Å². The smallest absolute Gasteiger partial charge is 0.219 e. The molecule has 6 heteroatoms. The third kappa shape index (κ3) is 3.58. The Morgan fingerprint density at radius 3 is 2.44 bits per heavy atom. The van der Waals surface area contributed by atoms with Gasteiger partial charge in [0, 0.05) is 25.1 Å². The molecule has 0 saturated heterocycles. The standard InChI is InChI=1S/C12H21N5O/c1-7(2)10-11(14-4)15-6-16-12(10)17-8(3)5-9(13)18/h6-8H,5H2,1-4H3,(H2,13,18)(H2,14,15,16,17). The van der Waals surface area contributed by atoms with Gasteiger partial charge < -0.3 is 16.4 Å². The number of aromatic nitrogens is 2. The van der Waals surface area contributed by atoms with E-state index in [0.29, 0.717) is 0 Å². The fraction of sp³-hybridized carbons (Fsp3) is 0.583. The highest BCUT2D eigenvalue weighted by molar-refractivity contribution is 5.75. The molecule has 4 N–H and O–H groups in total. The van der Waals surface area contributed by atoms with Crippen molar-refractivity contribution in [1.82, 2.24) is 9.97 Å². The summed E-state index contributed by atoms with van der Waals surface area (Å²) in [6.07, 6.45) is 1.77. The Labute approximate surface area is 107 Å². The number of nitrogens with zero attached hydrogens (tertiary/aromatic N) is 2. The van der Waals surface area contributed by atoms with E-state index in [9.17, 15) is 4.79 Å². The van der Waals surface area contributed by atoms with Crippen LogP contribution in [0.15, 0.2) is 6.33 Å². The van der Waals surface area contributed by atoms with Gasteiger partial charge in [0.1, 0.15) is 18.0 Å². The molecule has 1 unspecified atom stereocenters. The van der Waals surface area contributed by atoms with Crippen molar-refractivity contribution in [3.63, 3.8) is 0 Å². The zero-order chi connectivity index (χ0) is 13.7. The third-order valence-corrected chi connectivity index (χ3v) is 2.59. The van der Waals surface area contributed by atoms with Gasteiger partial charge in [0.25, 0.3) is 0 Å². The van der Waals surface area contributed by atoms with Crippen LogP contribution in [0.4, 0.5) is 11.6 Å². The third-order valence-electron chi connectivity index (χ3n) is 2.59. The number of carbonyl (C=O) groups excluding carboxylic acids is 1. The molecule has 0 radical (unpaired) electrons. The van der Waals surface area contributed by atoms with Gasteiger partial charge in [0.15, 0.2) is 0 Å². The highest BCUT2D eigenvalue weighted by Gasteiger charge is 2.16. The quantitative estimate of drug-likeness (QED) is 0.709. The van der Waals surface area contributed by atoms with E-state index >= 15 is 0 Å². The molecule has 1 atom stereocenters. The van der Waals surface area contributed by atoms with Gasteiger partial charge in [0.05, 0.1) is 0 Å². The number of amides is 1. The molecule has 0 saturated carbocycles. The van der Waals surface area contributed by atoms with Gasteiger partial charge in [-0.3, -0.25) is 4.79 Å². The van der Waals surface area contributed by atoms with E-state index in [1.54, 1.807) is 0 Å². The summed E-state index contributed by atoms with van der Waals surface area (Å²) in [6.45, 7) is 6.04. The lowest BCUT2D eigenvalue weighted by Gasteiger charge is -2.19. The first kappa shape index (κ1) is 14.2. The van der Waals surface area contributed by atoms with Crippen LogP contribution in [0.25, 0.3) is 0 Å². The maximum Gasteiger partial charge on any atom is 0.219 e. The Hall–Kier alpha value is -1.85. The largest absolute Gasteiger partial charge is 0.373 e. The number of hydrogen-bond donors (Lipinski definition) is 3. The van der Waals surface area contributed by atoms with Crippen LogP contribution in [0, 0.1) is 0 Å². The molecule has 1 rings (SSSR count). The Bertz CT molecular complexity index is 419. The number of carbonyl (C=O) groups is 1. The molecule has 0 bridgehead atoms. The lowest BCUT2D eigenvalue weighted by Crippen LogP contribution is -2.25. The first-order chi connectivity index (χ1) is 8.45. The topological polar surface area (TPSA) is 92.9 Å². The molecule has 1 aromatic rings. The Kier molecular flexibility index (Phi) is 4.88. The first-order valence-electron chi connectivity index (χ1n) is 6.03. The van der Waals surface area contributed by atoms with Crippen LogP contribution in [0.5, 0.6) is 0 Å². The minimum absolute atomic E-state index is 0.0559. The van der Waals surface area contributed by atoms with Crippen molar-refractivity contribution in [3.8, 4) is 0 Å². The predicted octanol–water partition coefficient (Wildman–Crippen LogP) is 1.32. The van der Waals surface area contributed by atoms with Crippen LogP contribution < -0.4 is 16.4 Å². The molecule has 0 spiro atoms. The van der Waals surface area contributed by atoms with Gasteiger partial charge in [0.2, 0.25) is 5.91 Å². The lowest BCUT2D eigenvalue weighted by atomic mass is 10.0. The fourth-order valence-corrected chi connectivity index (χ4v) is 1.84. The van der Waals surface area contributed by atoms with Crippen molar-refractivity contribution >= 4 is 17.5 Å². The van der Waals surface area contributed by atoms with Gasteiger partial charge >= 0.3 is 0 Å². The lowest BCUT2D eigenvalue weighted by molar-refractivity contribution is -0.118. The number of nitrogens with two attached hydrogens (primary N) is 1. The van der Waals surface area contributed by atoms with Crippen LogP contribution >= 0.6 is 0 Å². The summed E-state index contributed by atoms with van der Waals surface area (Å²) in [4.78, 5) is 19.3.